The fraction of sp³-hybridized carbons (Fsp3) is 0.222. The highest BCUT2D eigenvalue weighted by Gasteiger charge is 2.39. The van der Waals surface area contributed by atoms with Crippen LogP contribution in [-0.2, 0) is 0 Å². The largest absolute Gasteiger partial charge is 0.378 e. The number of allylic oxidation sites excluding steroid dienone is 2. The molecule has 4 rings (SSSR count). The fourth-order valence-corrected chi connectivity index (χ4v) is 4.85. The lowest BCUT2D eigenvalue weighted by atomic mass is 9.77. The smallest absolute Gasteiger partial charge is 0.0568 e. The molecular formula is C18H13Cl4N. The summed E-state index contributed by atoms with van der Waals surface area (Å²) >= 11 is 25.1. The predicted octanol–water partition coefficient (Wildman–Crippen LogP) is 7.13. The first-order valence-electron chi connectivity index (χ1n) is 7.41. The molecule has 2 aromatic rings. The molecule has 1 N–H and O–H groups in total. The molecule has 1 aliphatic heterocycles. The van der Waals surface area contributed by atoms with Crippen LogP contribution >= 0.6 is 46.4 Å². The molecule has 0 spiro atoms. The summed E-state index contributed by atoms with van der Waals surface area (Å²) in [6.45, 7) is 0. The van der Waals surface area contributed by atoms with Gasteiger partial charge in [-0.25, -0.2) is 0 Å². The van der Waals surface area contributed by atoms with Gasteiger partial charge in [0.1, 0.15) is 0 Å². The van der Waals surface area contributed by atoms with Gasteiger partial charge in [0.15, 0.2) is 0 Å². The molecule has 118 valence electrons. The molecule has 1 aliphatic carbocycles. The third-order valence-electron chi connectivity index (χ3n) is 4.68. The molecule has 3 atom stereocenters. The van der Waals surface area contributed by atoms with Crippen LogP contribution in [0.4, 0.5) is 5.69 Å². The summed E-state index contributed by atoms with van der Waals surface area (Å²) in [4.78, 5) is 0. The van der Waals surface area contributed by atoms with Gasteiger partial charge in [-0.15, -0.1) is 0 Å². The van der Waals surface area contributed by atoms with Crippen molar-refractivity contribution in [2.75, 3.05) is 5.32 Å². The highest BCUT2D eigenvalue weighted by atomic mass is 35.5. The first-order valence-corrected chi connectivity index (χ1v) is 8.93. The quantitative estimate of drug-likeness (QED) is 0.515. The van der Waals surface area contributed by atoms with Crippen molar-refractivity contribution in [1.82, 2.24) is 0 Å². The Morgan fingerprint density at radius 1 is 0.913 bits per heavy atom. The first kappa shape index (κ1) is 15.7. The zero-order valence-electron chi connectivity index (χ0n) is 12.0. The fourth-order valence-electron chi connectivity index (χ4n) is 3.71. The van der Waals surface area contributed by atoms with Crippen molar-refractivity contribution in [1.29, 1.82) is 0 Å². The minimum absolute atomic E-state index is 0.0989. The van der Waals surface area contributed by atoms with Crippen molar-refractivity contribution in [3.63, 3.8) is 0 Å². The average Bonchev–Trinajstić information content (AvgIpc) is 2.95. The summed E-state index contributed by atoms with van der Waals surface area (Å²) in [6, 6.07) is 9.50. The van der Waals surface area contributed by atoms with Crippen LogP contribution in [0.15, 0.2) is 42.5 Å². The van der Waals surface area contributed by atoms with E-state index in [1.807, 2.05) is 24.3 Å². The van der Waals surface area contributed by atoms with Gasteiger partial charge in [0, 0.05) is 37.3 Å². The molecule has 2 aliphatic rings. The molecule has 0 saturated carbocycles. The number of anilines is 1. The Bertz CT molecular complexity index is 815. The Labute approximate surface area is 155 Å². The maximum Gasteiger partial charge on any atom is 0.0568 e. The van der Waals surface area contributed by atoms with Crippen molar-refractivity contribution in [2.45, 2.75) is 18.4 Å². The van der Waals surface area contributed by atoms with Crippen LogP contribution in [0, 0.1) is 5.92 Å². The molecule has 0 aromatic heterocycles. The summed E-state index contributed by atoms with van der Waals surface area (Å²) in [5, 5.41) is 6.25. The van der Waals surface area contributed by atoms with Gasteiger partial charge in [-0.2, -0.15) is 0 Å². The average molecular weight is 385 g/mol. The van der Waals surface area contributed by atoms with Crippen LogP contribution in [0.5, 0.6) is 0 Å². The molecule has 2 aromatic carbocycles. The van der Waals surface area contributed by atoms with Crippen LogP contribution in [0.3, 0.4) is 0 Å². The van der Waals surface area contributed by atoms with Crippen molar-refractivity contribution < 1.29 is 0 Å². The summed E-state index contributed by atoms with van der Waals surface area (Å²) < 4.78 is 0. The van der Waals surface area contributed by atoms with E-state index in [-0.39, 0.29) is 12.0 Å². The van der Waals surface area contributed by atoms with E-state index in [2.05, 4.69) is 17.5 Å². The Kier molecular flexibility index (Phi) is 4.01. The predicted molar refractivity (Wildman–Crippen MR) is 99.3 cm³/mol. The first-order chi connectivity index (χ1) is 11.0. The van der Waals surface area contributed by atoms with E-state index in [1.54, 1.807) is 6.07 Å². The molecule has 0 unspecified atom stereocenters. The van der Waals surface area contributed by atoms with Crippen LogP contribution in [0.25, 0.3) is 0 Å². The summed E-state index contributed by atoms with van der Waals surface area (Å²) in [7, 11) is 0. The number of fused-ring (bicyclic) bond motifs is 3. The van der Waals surface area contributed by atoms with Crippen molar-refractivity contribution >= 4 is 52.1 Å². The van der Waals surface area contributed by atoms with E-state index in [0.29, 0.717) is 26.0 Å². The van der Waals surface area contributed by atoms with E-state index in [9.17, 15) is 0 Å². The molecule has 0 amide bonds. The van der Waals surface area contributed by atoms with E-state index >= 15 is 0 Å². The monoisotopic (exact) mass is 383 g/mol. The topological polar surface area (TPSA) is 12.0 Å². The molecule has 23 heavy (non-hydrogen) atoms. The van der Waals surface area contributed by atoms with E-state index in [4.69, 9.17) is 46.4 Å². The lowest BCUT2D eigenvalue weighted by molar-refractivity contribution is 0.426. The van der Waals surface area contributed by atoms with Gasteiger partial charge in [-0.05, 0) is 42.2 Å². The van der Waals surface area contributed by atoms with Gasteiger partial charge in [0.2, 0.25) is 0 Å². The van der Waals surface area contributed by atoms with Crippen LogP contribution in [-0.4, -0.2) is 0 Å². The van der Waals surface area contributed by atoms with Crippen molar-refractivity contribution in [3.8, 4) is 0 Å². The lowest BCUT2D eigenvalue weighted by Gasteiger charge is -2.38. The third kappa shape index (κ3) is 2.64. The van der Waals surface area contributed by atoms with Gasteiger partial charge >= 0.3 is 0 Å². The van der Waals surface area contributed by atoms with Gasteiger partial charge in [0.05, 0.1) is 6.04 Å². The Hall–Kier alpha value is -0.860. The maximum absolute atomic E-state index is 6.46. The Balaban J connectivity index is 1.84. The number of nitrogens with one attached hydrogen (secondary N) is 1. The maximum atomic E-state index is 6.46. The van der Waals surface area contributed by atoms with Gasteiger partial charge in [-0.1, -0.05) is 64.6 Å². The van der Waals surface area contributed by atoms with E-state index in [0.717, 1.165) is 23.2 Å². The molecule has 1 nitrogen and oxygen atoms in total. The Morgan fingerprint density at radius 3 is 2.48 bits per heavy atom. The van der Waals surface area contributed by atoms with E-state index in [1.165, 1.54) is 0 Å². The standard InChI is InChI=1S/C18H13Cl4N/c19-9-4-5-13(14(21)6-9)18-12-3-1-2-11(12)17-15(22)7-10(20)8-16(17)23-18/h1-2,4-8,11-12,18,23H,3H2/t11-,12+,18-/m1/s1. The molecular weight excluding hydrogens is 372 g/mol. The van der Waals surface area contributed by atoms with Gasteiger partial charge in [-0.3, -0.25) is 0 Å². The molecule has 5 heteroatoms. The van der Waals surface area contributed by atoms with E-state index < -0.39 is 0 Å². The summed E-state index contributed by atoms with van der Waals surface area (Å²) in [6.07, 6.45) is 5.44. The van der Waals surface area contributed by atoms with Gasteiger partial charge in [0.25, 0.3) is 0 Å². The van der Waals surface area contributed by atoms with Crippen molar-refractivity contribution in [3.05, 3.63) is 73.7 Å². The molecule has 0 fully saturated rings. The third-order valence-corrected chi connectivity index (χ3v) is 5.77. The molecule has 0 saturated heterocycles. The number of hydrogen-bond donors (Lipinski definition) is 1. The lowest BCUT2D eigenvalue weighted by Crippen LogP contribution is -2.29. The minimum atomic E-state index is 0.0989. The SMILES string of the molecule is Clc1ccc([C@@H]2Nc3cc(Cl)cc(Cl)c3[C@@H]3C=CC[C@@H]32)c(Cl)c1. The summed E-state index contributed by atoms with van der Waals surface area (Å²) in [5.41, 5.74) is 3.15. The van der Waals surface area contributed by atoms with Crippen molar-refractivity contribution in [2.24, 2.45) is 5.92 Å². The zero-order valence-corrected chi connectivity index (χ0v) is 15.0. The number of hydrogen-bond acceptors (Lipinski definition) is 1. The minimum Gasteiger partial charge on any atom is -0.378 e. The highest BCUT2D eigenvalue weighted by Crippen LogP contribution is 2.53. The number of rotatable bonds is 1. The number of halogens is 4. The second-order valence-electron chi connectivity index (χ2n) is 5.99. The van der Waals surface area contributed by atoms with Crippen LogP contribution in [0.2, 0.25) is 20.1 Å². The zero-order chi connectivity index (χ0) is 16.1. The second-order valence-corrected chi connectivity index (χ2v) is 7.68. The highest BCUT2D eigenvalue weighted by molar-refractivity contribution is 6.36. The second kappa shape index (κ2) is 5.89. The van der Waals surface area contributed by atoms with Gasteiger partial charge < -0.3 is 5.32 Å². The van der Waals surface area contributed by atoms with Crippen LogP contribution in [0.1, 0.15) is 29.5 Å². The normalized spacial score (nSPS) is 25.0. The molecule has 0 bridgehead atoms. The Morgan fingerprint density at radius 2 is 1.70 bits per heavy atom. The summed E-state index contributed by atoms with van der Waals surface area (Å²) in [5.74, 6) is 0.646. The molecule has 0 radical (unpaired) electrons. The number of benzene rings is 2. The van der Waals surface area contributed by atoms with Crippen LogP contribution < -0.4 is 5.32 Å². The molecule has 1 heterocycles.